The van der Waals surface area contributed by atoms with Gasteiger partial charge in [0.05, 0.1) is 17.3 Å². The average molecular weight is 382 g/mol. The molecule has 1 aromatic rings. The molecule has 0 bridgehead atoms. The second-order valence-corrected chi connectivity index (χ2v) is 6.09. The molecule has 28 heavy (non-hydrogen) atoms. The summed E-state index contributed by atoms with van der Waals surface area (Å²) in [6, 6.07) is 9.39. The van der Waals surface area contributed by atoms with Crippen LogP contribution in [0.5, 0.6) is 0 Å². The molecule has 3 heteroatoms. The quantitative estimate of drug-likeness (QED) is 0.407. The minimum atomic E-state index is 0.624. The first-order valence-electron chi connectivity index (χ1n) is 9.73. The van der Waals surface area contributed by atoms with Gasteiger partial charge < -0.3 is 5.41 Å². The van der Waals surface area contributed by atoms with Crippen molar-refractivity contribution >= 4 is 17.6 Å². The number of rotatable bonds is 5. The van der Waals surface area contributed by atoms with Gasteiger partial charge in [-0.1, -0.05) is 57.6 Å². The molecular formula is C25H39N3. The van der Waals surface area contributed by atoms with E-state index < -0.39 is 0 Å². The maximum Gasteiger partial charge on any atom is 0.0991 e. The van der Waals surface area contributed by atoms with Gasteiger partial charge in [-0.25, -0.2) is 0 Å². The van der Waals surface area contributed by atoms with Crippen LogP contribution >= 0.6 is 0 Å². The maximum atomic E-state index is 8.80. The van der Waals surface area contributed by atoms with Crippen LogP contribution in [0.2, 0.25) is 0 Å². The van der Waals surface area contributed by atoms with Crippen LogP contribution in [0.4, 0.5) is 0 Å². The van der Waals surface area contributed by atoms with Crippen molar-refractivity contribution < 1.29 is 0 Å². The normalized spacial score (nSPS) is 9.46. The third-order valence-corrected chi connectivity index (χ3v) is 3.08. The molecule has 0 amide bonds. The first-order chi connectivity index (χ1) is 13.2. The highest BCUT2D eigenvalue weighted by Crippen LogP contribution is 2.14. The molecule has 0 aliphatic rings. The van der Waals surface area contributed by atoms with Crippen LogP contribution in [0.3, 0.4) is 0 Å². The lowest BCUT2D eigenvalue weighted by atomic mass is 10.1. The fraction of sp³-hybridized carbons (Fsp3) is 0.400. The van der Waals surface area contributed by atoms with Gasteiger partial charge in [0, 0.05) is 17.5 Å². The summed E-state index contributed by atoms with van der Waals surface area (Å²) in [5.41, 5.74) is 5.36. The van der Waals surface area contributed by atoms with Gasteiger partial charge in [0.2, 0.25) is 0 Å². The van der Waals surface area contributed by atoms with Gasteiger partial charge in [0.15, 0.2) is 0 Å². The summed E-state index contributed by atoms with van der Waals surface area (Å²) in [5, 5.41) is 15.3. The van der Waals surface area contributed by atoms with Crippen LogP contribution in [0.15, 0.2) is 59.6 Å². The third-order valence-electron chi connectivity index (χ3n) is 3.08. The third kappa shape index (κ3) is 21.3. The van der Waals surface area contributed by atoms with E-state index >= 15 is 0 Å². The van der Waals surface area contributed by atoms with Crippen molar-refractivity contribution in [3.8, 4) is 6.07 Å². The number of hydrogen-bond donors (Lipinski definition) is 1. The molecule has 1 rings (SSSR count). The number of nitriles is 1. The van der Waals surface area contributed by atoms with Gasteiger partial charge in [-0.15, -0.1) is 6.58 Å². The van der Waals surface area contributed by atoms with E-state index in [9.17, 15) is 0 Å². The van der Waals surface area contributed by atoms with E-state index in [2.05, 4.69) is 45.0 Å². The molecule has 0 spiro atoms. The summed E-state index contributed by atoms with van der Waals surface area (Å²) in [4.78, 5) is 4.25. The molecule has 0 aliphatic heterocycles. The molecule has 1 N–H and O–H groups in total. The Morgan fingerprint density at radius 1 is 1.11 bits per heavy atom. The van der Waals surface area contributed by atoms with Crippen LogP contribution in [-0.4, -0.2) is 11.9 Å². The molecule has 0 saturated heterocycles. The Morgan fingerprint density at radius 3 is 2.00 bits per heavy atom. The molecule has 1 aromatic carbocycles. The number of benzene rings is 1. The first-order valence-corrected chi connectivity index (χ1v) is 9.73. The van der Waals surface area contributed by atoms with Crippen LogP contribution in [0.1, 0.15) is 79.4 Å². The van der Waals surface area contributed by atoms with Crippen molar-refractivity contribution in [3.05, 3.63) is 65.8 Å². The van der Waals surface area contributed by atoms with E-state index in [0.717, 1.165) is 18.4 Å². The maximum absolute atomic E-state index is 8.80. The Morgan fingerprint density at radius 2 is 1.61 bits per heavy atom. The van der Waals surface area contributed by atoms with Crippen molar-refractivity contribution in [3.63, 3.8) is 0 Å². The van der Waals surface area contributed by atoms with Crippen molar-refractivity contribution in [1.82, 2.24) is 0 Å². The molecular weight excluding hydrogens is 342 g/mol. The van der Waals surface area contributed by atoms with E-state index in [1.807, 2.05) is 39.0 Å². The number of nitrogens with one attached hydrogen (secondary N) is 1. The highest BCUT2D eigenvalue weighted by Gasteiger charge is 1.97. The van der Waals surface area contributed by atoms with Crippen molar-refractivity contribution in [2.45, 2.75) is 68.2 Å². The average Bonchev–Trinajstić information content (AvgIpc) is 2.69. The van der Waals surface area contributed by atoms with Gasteiger partial charge in [0.25, 0.3) is 0 Å². The minimum absolute atomic E-state index is 0.624. The standard InChI is InChI=1S/C15H16N2.C5H10.C3H7N.C2H6/c1-4-12(2)8-9-17-13(3)15-7-5-6-14(10-15)11-16;1-4-5(2)3;1-3(2)4;1-2/h5-10H,3-4H2,1-2H3;2,4H2,1,3H3;4H,1-2H3;1-2H3/b12-8+,17-9?;;;. The molecule has 0 aliphatic carbocycles. The number of hydrogen-bond acceptors (Lipinski definition) is 3. The van der Waals surface area contributed by atoms with Gasteiger partial charge >= 0.3 is 0 Å². The predicted octanol–water partition coefficient (Wildman–Crippen LogP) is 8.00. The molecule has 0 aromatic heterocycles. The van der Waals surface area contributed by atoms with Crippen LogP contribution in [0, 0.1) is 16.7 Å². The summed E-state index contributed by atoms with van der Waals surface area (Å²) in [5.74, 6) is 0. The first kappa shape index (κ1) is 30.0. The van der Waals surface area contributed by atoms with Crippen molar-refractivity contribution in [2.75, 3.05) is 0 Å². The Hall–Kier alpha value is -2.73. The minimum Gasteiger partial charge on any atom is -0.310 e. The second-order valence-electron chi connectivity index (χ2n) is 6.09. The molecule has 0 heterocycles. The topological polar surface area (TPSA) is 60.0 Å². The van der Waals surface area contributed by atoms with E-state index in [1.165, 1.54) is 11.1 Å². The highest BCUT2D eigenvalue weighted by molar-refractivity contribution is 5.80. The zero-order valence-corrected chi connectivity index (χ0v) is 19.2. The molecule has 3 nitrogen and oxygen atoms in total. The van der Waals surface area contributed by atoms with E-state index in [0.29, 0.717) is 17.0 Å². The summed E-state index contributed by atoms with van der Waals surface area (Å²) < 4.78 is 0. The Balaban J connectivity index is -0.000000471. The Bertz CT molecular complexity index is 682. The lowest BCUT2D eigenvalue weighted by Crippen LogP contribution is -1.82. The molecule has 154 valence electrons. The largest absolute Gasteiger partial charge is 0.310 e. The summed E-state index contributed by atoms with van der Waals surface area (Å²) >= 11 is 0. The molecule has 0 unspecified atom stereocenters. The monoisotopic (exact) mass is 381 g/mol. The molecule has 0 radical (unpaired) electrons. The SMILES string of the molecule is C=C(C)CC.C=C(N=C/C=C(\C)CC)c1cccc(C#N)c1.CC.CC(C)=N. The zero-order valence-electron chi connectivity index (χ0n) is 19.2. The summed E-state index contributed by atoms with van der Waals surface area (Å²) in [7, 11) is 0. The fourth-order valence-electron chi connectivity index (χ4n) is 1.22. The van der Waals surface area contributed by atoms with Crippen molar-refractivity contribution in [1.29, 1.82) is 10.7 Å². The van der Waals surface area contributed by atoms with E-state index in [1.54, 1.807) is 32.2 Å². The zero-order chi connectivity index (χ0) is 22.5. The number of aliphatic imine (C=N–C) groups is 1. The molecule has 0 fully saturated rings. The van der Waals surface area contributed by atoms with Crippen molar-refractivity contribution in [2.24, 2.45) is 4.99 Å². The Kier molecular flexibility index (Phi) is 22.1. The van der Waals surface area contributed by atoms with Gasteiger partial charge in [0.1, 0.15) is 0 Å². The lowest BCUT2D eigenvalue weighted by Gasteiger charge is -1.99. The summed E-state index contributed by atoms with van der Waals surface area (Å²) in [6.45, 7) is 23.4. The second kappa shape index (κ2) is 20.6. The van der Waals surface area contributed by atoms with E-state index in [-0.39, 0.29) is 0 Å². The molecule has 0 atom stereocenters. The number of allylic oxidation sites excluding steroid dienone is 3. The highest BCUT2D eigenvalue weighted by atomic mass is 14.7. The Labute approximate surface area is 173 Å². The van der Waals surface area contributed by atoms with Gasteiger partial charge in [-0.3, -0.25) is 4.99 Å². The molecule has 0 saturated carbocycles. The van der Waals surface area contributed by atoms with Gasteiger partial charge in [-0.2, -0.15) is 5.26 Å². The fourth-order valence-corrected chi connectivity index (χ4v) is 1.22. The van der Waals surface area contributed by atoms with Crippen LogP contribution < -0.4 is 0 Å². The number of nitrogens with zero attached hydrogens (tertiary/aromatic N) is 2. The van der Waals surface area contributed by atoms with Gasteiger partial charge in [-0.05, 0) is 58.7 Å². The lowest BCUT2D eigenvalue weighted by molar-refractivity contribution is 1.10. The van der Waals surface area contributed by atoms with Crippen LogP contribution in [0.25, 0.3) is 5.70 Å². The summed E-state index contributed by atoms with van der Waals surface area (Å²) in [6.07, 6.45) is 5.85. The van der Waals surface area contributed by atoms with E-state index in [4.69, 9.17) is 10.7 Å². The predicted molar refractivity (Wildman–Crippen MR) is 128 cm³/mol. The smallest absolute Gasteiger partial charge is 0.0991 e. The van der Waals surface area contributed by atoms with Crippen LogP contribution in [-0.2, 0) is 0 Å².